The van der Waals surface area contributed by atoms with Crippen molar-refractivity contribution in [3.05, 3.63) is 97.9 Å². The van der Waals surface area contributed by atoms with Crippen LogP contribution in [0.5, 0.6) is 5.75 Å². The minimum absolute atomic E-state index is 0.00746. The molecule has 0 bridgehead atoms. The smallest absolute Gasteiger partial charge is 0.330 e. The monoisotopic (exact) mass is 535 g/mol. The molecule has 0 saturated carbocycles. The topological polar surface area (TPSA) is 154 Å². The highest BCUT2D eigenvalue weighted by atomic mass is 32.2. The van der Waals surface area contributed by atoms with Gasteiger partial charge in [0.05, 0.1) is 33.8 Å². The molecule has 1 amide bonds. The van der Waals surface area contributed by atoms with Crippen molar-refractivity contribution in [1.29, 1.82) is 0 Å². The molecule has 0 aliphatic carbocycles. The van der Waals surface area contributed by atoms with Crippen LogP contribution >= 0.6 is 0 Å². The van der Waals surface area contributed by atoms with Crippen LogP contribution in [-0.2, 0) is 21.5 Å². The lowest BCUT2D eigenvalue weighted by Gasteiger charge is -2.15. The minimum atomic E-state index is -4.43. The van der Waals surface area contributed by atoms with Gasteiger partial charge in [0.25, 0.3) is 21.1 Å². The average Bonchev–Trinajstić information content (AvgIpc) is 3.17. The van der Waals surface area contributed by atoms with Crippen LogP contribution in [0.3, 0.4) is 0 Å². The number of rotatable bonds is 6. The van der Waals surface area contributed by atoms with E-state index >= 15 is 0 Å². The molecule has 0 radical (unpaired) electrons. The predicted octanol–water partition coefficient (Wildman–Crippen LogP) is 1.52. The maximum Gasteiger partial charge on any atom is 0.330 e. The van der Waals surface area contributed by atoms with E-state index in [-0.39, 0.29) is 27.1 Å². The van der Waals surface area contributed by atoms with Crippen LogP contribution in [0.2, 0.25) is 0 Å². The molecule has 13 heteroatoms. The number of methoxy groups -OCH3 is 1. The fourth-order valence-corrected chi connectivity index (χ4v) is 5.67. The average molecular weight is 536 g/mol. The number of benzene rings is 3. The fourth-order valence-electron chi connectivity index (χ4n) is 4.19. The van der Waals surface area contributed by atoms with Gasteiger partial charge in [0.2, 0.25) is 5.91 Å². The van der Waals surface area contributed by atoms with Crippen LogP contribution in [0.15, 0.2) is 86.0 Å². The highest BCUT2D eigenvalue weighted by Gasteiger charge is 2.26. The number of hydrogen-bond donors (Lipinski definition) is 2. The number of carbonyl (C=O) groups excluding carboxylic acids is 1. The van der Waals surface area contributed by atoms with Crippen LogP contribution < -0.4 is 26.9 Å². The Balaban J connectivity index is 1.76. The van der Waals surface area contributed by atoms with Crippen molar-refractivity contribution >= 4 is 43.4 Å². The summed E-state index contributed by atoms with van der Waals surface area (Å²) in [4.78, 5) is 53.2. The Bertz CT molecular complexity index is 2020. The quantitative estimate of drug-likeness (QED) is 0.334. The lowest BCUT2D eigenvalue weighted by Crippen LogP contribution is -2.41. The van der Waals surface area contributed by atoms with Gasteiger partial charge in [-0.2, -0.15) is 12.5 Å². The molecule has 2 N–H and O–H groups in total. The van der Waals surface area contributed by atoms with E-state index in [1.807, 2.05) is 0 Å². The molecule has 38 heavy (non-hydrogen) atoms. The molecule has 5 rings (SSSR count). The number of amides is 1. The Morgan fingerprint density at radius 1 is 0.947 bits per heavy atom. The Morgan fingerprint density at radius 2 is 1.66 bits per heavy atom. The number of hydrogen-bond acceptors (Lipinski definition) is 7. The zero-order valence-electron chi connectivity index (χ0n) is 20.2. The van der Waals surface area contributed by atoms with Crippen molar-refractivity contribution in [2.75, 3.05) is 12.4 Å². The lowest BCUT2D eigenvalue weighted by molar-refractivity contribution is -0.114. The zero-order valence-corrected chi connectivity index (χ0v) is 21.0. The van der Waals surface area contributed by atoms with Gasteiger partial charge in [0.15, 0.2) is 0 Å². The molecule has 0 aliphatic rings. The van der Waals surface area contributed by atoms with E-state index in [0.29, 0.717) is 17.0 Å². The summed E-state index contributed by atoms with van der Waals surface area (Å²) in [5.41, 5.74) is -1.55. The molecule has 0 fully saturated rings. The number of aromatic amines is 1. The molecule has 0 aliphatic heterocycles. The van der Waals surface area contributed by atoms with Gasteiger partial charge in [-0.15, -0.1) is 0 Å². The summed E-state index contributed by atoms with van der Waals surface area (Å²) in [6.07, 6.45) is 0. The second kappa shape index (κ2) is 9.19. The Labute approximate surface area is 214 Å². The van der Waals surface area contributed by atoms with Crippen LogP contribution in [0.4, 0.5) is 5.69 Å². The van der Waals surface area contributed by atoms with E-state index in [1.54, 1.807) is 18.2 Å². The van der Waals surface area contributed by atoms with Gasteiger partial charge < -0.3 is 15.0 Å². The van der Waals surface area contributed by atoms with Gasteiger partial charge in [0, 0.05) is 12.6 Å². The summed E-state index contributed by atoms with van der Waals surface area (Å²) in [6, 6.07) is 16.0. The molecule has 12 nitrogen and oxygen atoms in total. The summed E-state index contributed by atoms with van der Waals surface area (Å²) in [6.45, 7) is 0.637. The van der Waals surface area contributed by atoms with Crippen molar-refractivity contribution in [3.8, 4) is 5.75 Å². The fraction of sp³-hybridized carbons (Fsp3) is 0.120. The number of nitrogens with one attached hydrogen (secondary N) is 2. The molecule has 0 atom stereocenters. The maximum atomic E-state index is 13.9. The molecule has 0 unspecified atom stereocenters. The van der Waals surface area contributed by atoms with Crippen LogP contribution in [-0.4, -0.2) is 39.8 Å². The van der Waals surface area contributed by atoms with Gasteiger partial charge in [-0.3, -0.25) is 14.4 Å². The van der Waals surface area contributed by atoms with E-state index < -0.39 is 33.5 Å². The molecule has 2 heterocycles. The Kier molecular flexibility index (Phi) is 5.99. The van der Waals surface area contributed by atoms with Crippen molar-refractivity contribution < 1.29 is 17.9 Å². The van der Waals surface area contributed by atoms with Crippen molar-refractivity contribution in [2.24, 2.45) is 0 Å². The number of carbonyl (C=O) groups is 1. The number of H-pyrrole nitrogens is 1. The second-order valence-electron chi connectivity index (χ2n) is 8.39. The summed E-state index contributed by atoms with van der Waals surface area (Å²) in [5, 5.41) is 2.76. The van der Waals surface area contributed by atoms with Gasteiger partial charge in [0.1, 0.15) is 12.4 Å². The first-order chi connectivity index (χ1) is 18.1. The molecule has 2 aromatic heterocycles. The number of fused-ring (bicyclic) bond motifs is 2. The van der Waals surface area contributed by atoms with Gasteiger partial charge in [-0.1, -0.05) is 12.1 Å². The first-order valence-electron chi connectivity index (χ1n) is 11.3. The Hall–Kier alpha value is -4.91. The molecule has 5 aromatic rings. The van der Waals surface area contributed by atoms with Gasteiger partial charge >= 0.3 is 5.69 Å². The first kappa shape index (κ1) is 24.8. The lowest BCUT2D eigenvalue weighted by atomic mass is 10.2. The summed E-state index contributed by atoms with van der Waals surface area (Å²) >= 11 is 0. The minimum Gasteiger partial charge on any atom is -0.497 e. The van der Waals surface area contributed by atoms with Crippen LogP contribution in [0.1, 0.15) is 6.92 Å². The predicted molar refractivity (Wildman–Crippen MR) is 140 cm³/mol. The number of anilines is 1. The number of ether oxygens (including phenoxy) is 1. The van der Waals surface area contributed by atoms with E-state index in [0.717, 1.165) is 13.3 Å². The standard InChI is InChI=1S/C25H21N5O7S/c1-15(31)26-16-7-10-18(11-8-16)38(35,36)30-22-12-9-17(37-2)13-20(22)24(33)29(30)14-28-23(32)19-5-3-4-6-21(19)27-25(28)34/h3-13H,14H2,1-2H3,(H,26,31)(H,27,34). The molecule has 0 saturated heterocycles. The van der Waals surface area contributed by atoms with E-state index in [2.05, 4.69) is 10.3 Å². The van der Waals surface area contributed by atoms with Crippen molar-refractivity contribution in [3.63, 3.8) is 0 Å². The number of nitrogens with zero attached hydrogens (tertiary/aromatic N) is 3. The summed E-state index contributed by atoms with van der Waals surface area (Å²) in [7, 11) is -3.03. The molecular formula is C25H21N5O7S. The highest BCUT2D eigenvalue weighted by Crippen LogP contribution is 2.24. The summed E-state index contributed by atoms with van der Waals surface area (Å²) in [5.74, 6) is -0.0116. The van der Waals surface area contributed by atoms with Crippen molar-refractivity contribution in [1.82, 2.24) is 18.3 Å². The first-order valence-corrected chi connectivity index (χ1v) is 12.7. The van der Waals surface area contributed by atoms with Gasteiger partial charge in [-0.25, -0.2) is 14.0 Å². The van der Waals surface area contributed by atoms with E-state index in [4.69, 9.17) is 4.74 Å². The third-order valence-corrected chi connectivity index (χ3v) is 7.68. The molecular weight excluding hydrogens is 514 g/mol. The van der Waals surface area contributed by atoms with E-state index in [9.17, 15) is 27.6 Å². The SMILES string of the molecule is COc1ccc2c(c1)c(=O)n(Cn1c(=O)[nH]c3ccccc3c1=O)n2S(=O)(=O)c1ccc(NC(C)=O)cc1. The van der Waals surface area contributed by atoms with E-state index in [1.165, 1.54) is 62.6 Å². The third-order valence-electron chi connectivity index (χ3n) is 5.96. The molecule has 3 aromatic carbocycles. The number of para-hydroxylation sites is 1. The van der Waals surface area contributed by atoms with Crippen LogP contribution in [0.25, 0.3) is 21.8 Å². The normalized spacial score (nSPS) is 11.6. The third kappa shape index (κ3) is 4.08. The summed E-state index contributed by atoms with van der Waals surface area (Å²) < 4.78 is 35.2. The largest absolute Gasteiger partial charge is 0.497 e. The molecule has 0 spiro atoms. The highest BCUT2D eigenvalue weighted by molar-refractivity contribution is 7.90. The number of aromatic nitrogens is 4. The van der Waals surface area contributed by atoms with Crippen molar-refractivity contribution in [2.45, 2.75) is 18.5 Å². The Morgan fingerprint density at radius 3 is 2.34 bits per heavy atom. The van der Waals surface area contributed by atoms with Crippen LogP contribution in [0, 0.1) is 0 Å². The van der Waals surface area contributed by atoms with Gasteiger partial charge in [-0.05, 0) is 54.6 Å². The maximum absolute atomic E-state index is 13.9. The zero-order chi connectivity index (χ0) is 27.2. The second-order valence-corrected chi connectivity index (χ2v) is 10.2. The molecule has 194 valence electrons.